The van der Waals surface area contributed by atoms with E-state index in [1.807, 2.05) is 11.8 Å². The Hall–Kier alpha value is -2.35. The number of ether oxygens (including phenoxy) is 1. The lowest BCUT2D eigenvalue weighted by atomic mass is 10.2. The van der Waals surface area contributed by atoms with Crippen LogP contribution in [0.15, 0.2) is 41.5 Å². The first-order valence-electron chi connectivity index (χ1n) is 8.24. The maximum Gasteiger partial charge on any atom is 0.266 e. The quantitative estimate of drug-likeness (QED) is 0.750. The topological polar surface area (TPSA) is 86.1 Å². The van der Waals surface area contributed by atoms with Crippen molar-refractivity contribution in [2.75, 3.05) is 18.1 Å². The summed E-state index contributed by atoms with van der Waals surface area (Å²) in [5, 5.41) is 6.83. The number of carbonyl (C=O) groups is 1. The largest absolute Gasteiger partial charge is 0.473 e. The number of aromatic nitrogens is 3. The normalized spacial score (nSPS) is 16.6. The highest BCUT2D eigenvalue weighted by molar-refractivity contribution is 7.99. The Labute approximate surface area is 149 Å². The van der Waals surface area contributed by atoms with E-state index in [-0.39, 0.29) is 17.6 Å². The number of carbonyl (C=O) groups excluding carboxylic acids is 1. The molecule has 2 aromatic rings. The summed E-state index contributed by atoms with van der Waals surface area (Å²) < 4.78 is 7.25. The van der Waals surface area contributed by atoms with Crippen LogP contribution in [0.3, 0.4) is 0 Å². The molecular weight excluding hydrogens is 340 g/mol. The van der Waals surface area contributed by atoms with E-state index in [0.29, 0.717) is 31.0 Å². The van der Waals surface area contributed by atoms with Gasteiger partial charge in [0.1, 0.15) is 11.7 Å². The van der Waals surface area contributed by atoms with E-state index in [4.69, 9.17) is 4.74 Å². The van der Waals surface area contributed by atoms with Gasteiger partial charge in [0, 0.05) is 37.3 Å². The molecule has 0 spiro atoms. The van der Waals surface area contributed by atoms with Gasteiger partial charge in [-0.05, 0) is 36.8 Å². The van der Waals surface area contributed by atoms with Crippen LogP contribution in [-0.2, 0) is 6.54 Å². The number of aryl methyl sites for hydroxylation is 1. The highest BCUT2D eigenvalue weighted by atomic mass is 32.2. The van der Waals surface area contributed by atoms with Gasteiger partial charge >= 0.3 is 0 Å². The summed E-state index contributed by atoms with van der Waals surface area (Å²) in [5.74, 6) is 2.16. The summed E-state index contributed by atoms with van der Waals surface area (Å²) in [6.07, 6.45) is 4.89. The summed E-state index contributed by atoms with van der Waals surface area (Å²) in [6, 6.07) is 6.50. The third kappa shape index (κ3) is 4.82. The third-order valence-electron chi connectivity index (χ3n) is 3.80. The van der Waals surface area contributed by atoms with Crippen molar-refractivity contribution in [3.63, 3.8) is 0 Å². The molecule has 132 valence electrons. The molecule has 0 aliphatic carbocycles. The van der Waals surface area contributed by atoms with Crippen molar-refractivity contribution in [3.8, 4) is 5.88 Å². The Kier molecular flexibility index (Phi) is 6.05. The van der Waals surface area contributed by atoms with Crippen molar-refractivity contribution < 1.29 is 9.53 Å². The molecule has 1 N–H and O–H groups in total. The Morgan fingerprint density at radius 2 is 2.24 bits per heavy atom. The molecule has 0 unspecified atom stereocenters. The van der Waals surface area contributed by atoms with Crippen molar-refractivity contribution in [2.24, 2.45) is 0 Å². The van der Waals surface area contributed by atoms with Crippen molar-refractivity contribution in [3.05, 3.63) is 52.6 Å². The fourth-order valence-electron chi connectivity index (χ4n) is 2.50. The number of amides is 1. The van der Waals surface area contributed by atoms with E-state index < -0.39 is 0 Å². The van der Waals surface area contributed by atoms with Crippen LogP contribution in [0.4, 0.5) is 0 Å². The van der Waals surface area contributed by atoms with E-state index in [2.05, 4.69) is 15.4 Å². The number of hydrogen-bond donors (Lipinski definition) is 1. The van der Waals surface area contributed by atoms with Crippen molar-refractivity contribution >= 4 is 17.7 Å². The first-order valence-corrected chi connectivity index (χ1v) is 9.39. The molecule has 8 heteroatoms. The molecule has 3 rings (SSSR count). The summed E-state index contributed by atoms with van der Waals surface area (Å²) in [6.45, 7) is 0.894. The van der Waals surface area contributed by atoms with E-state index >= 15 is 0 Å². The van der Waals surface area contributed by atoms with Crippen molar-refractivity contribution in [2.45, 2.75) is 25.5 Å². The zero-order chi connectivity index (χ0) is 17.5. The van der Waals surface area contributed by atoms with Gasteiger partial charge in [0.15, 0.2) is 0 Å². The summed E-state index contributed by atoms with van der Waals surface area (Å²) >= 11 is 1.84. The van der Waals surface area contributed by atoms with Crippen LogP contribution >= 0.6 is 11.8 Å². The fraction of sp³-hybridized carbons (Fsp3) is 0.412. The molecule has 0 radical (unpaired) electrons. The number of nitrogens with zero attached hydrogens (tertiary/aromatic N) is 3. The second-order valence-electron chi connectivity index (χ2n) is 5.65. The van der Waals surface area contributed by atoms with Crippen LogP contribution in [0.5, 0.6) is 5.88 Å². The van der Waals surface area contributed by atoms with Crippen LogP contribution in [0.25, 0.3) is 0 Å². The van der Waals surface area contributed by atoms with Crippen molar-refractivity contribution in [1.82, 2.24) is 20.1 Å². The number of thioether (sulfide) groups is 1. The van der Waals surface area contributed by atoms with Gasteiger partial charge < -0.3 is 10.1 Å². The van der Waals surface area contributed by atoms with Gasteiger partial charge in [0.2, 0.25) is 5.88 Å². The number of hydrogen-bond acceptors (Lipinski definition) is 6. The number of nitrogens with one attached hydrogen (secondary N) is 1. The first kappa shape index (κ1) is 17.5. The van der Waals surface area contributed by atoms with Crippen LogP contribution < -0.4 is 15.6 Å². The predicted molar refractivity (Wildman–Crippen MR) is 96.0 cm³/mol. The lowest BCUT2D eigenvalue weighted by Gasteiger charge is -2.14. The van der Waals surface area contributed by atoms with Crippen LogP contribution in [-0.4, -0.2) is 44.8 Å². The number of rotatable bonds is 7. The zero-order valence-electron chi connectivity index (χ0n) is 13.8. The second-order valence-corrected chi connectivity index (χ2v) is 6.80. The van der Waals surface area contributed by atoms with Crippen LogP contribution in [0, 0.1) is 0 Å². The SMILES string of the molecule is O=C(NCCCn1ncccc1=O)c1cccnc1O[C@H]1CCSC1. The molecule has 3 heterocycles. The Morgan fingerprint density at radius 3 is 3.04 bits per heavy atom. The van der Waals surface area contributed by atoms with Gasteiger partial charge in [0.05, 0.1) is 0 Å². The first-order chi connectivity index (χ1) is 12.2. The zero-order valence-corrected chi connectivity index (χ0v) is 14.6. The summed E-state index contributed by atoms with van der Waals surface area (Å²) in [7, 11) is 0. The third-order valence-corrected chi connectivity index (χ3v) is 4.93. The van der Waals surface area contributed by atoms with Gasteiger partial charge in [-0.15, -0.1) is 0 Å². The molecule has 1 aliphatic rings. The molecule has 0 aromatic carbocycles. The Morgan fingerprint density at radius 1 is 1.36 bits per heavy atom. The maximum atomic E-state index is 12.4. The lowest BCUT2D eigenvalue weighted by Crippen LogP contribution is -2.28. The Bertz CT molecular complexity index is 774. The van der Waals surface area contributed by atoms with E-state index in [9.17, 15) is 9.59 Å². The van der Waals surface area contributed by atoms with Crippen molar-refractivity contribution in [1.29, 1.82) is 0 Å². The predicted octanol–water partition coefficient (Wildman–Crippen LogP) is 1.34. The van der Waals surface area contributed by atoms with E-state index in [1.165, 1.54) is 10.7 Å². The van der Waals surface area contributed by atoms with E-state index in [0.717, 1.165) is 17.9 Å². The van der Waals surface area contributed by atoms with Gasteiger partial charge in [-0.2, -0.15) is 16.9 Å². The monoisotopic (exact) mass is 360 g/mol. The minimum Gasteiger partial charge on any atom is -0.473 e. The molecule has 1 atom stereocenters. The molecule has 7 nitrogen and oxygen atoms in total. The molecule has 2 aromatic heterocycles. The molecular formula is C17H20N4O3S. The smallest absolute Gasteiger partial charge is 0.266 e. The highest BCUT2D eigenvalue weighted by Gasteiger charge is 2.21. The maximum absolute atomic E-state index is 12.4. The van der Waals surface area contributed by atoms with Gasteiger partial charge in [0.25, 0.3) is 11.5 Å². The van der Waals surface area contributed by atoms with Crippen LogP contribution in [0.2, 0.25) is 0 Å². The van der Waals surface area contributed by atoms with E-state index in [1.54, 1.807) is 30.6 Å². The molecule has 0 saturated carbocycles. The lowest BCUT2D eigenvalue weighted by molar-refractivity contribution is 0.0944. The molecule has 25 heavy (non-hydrogen) atoms. The number of pyridine rings is 1. The average molecular weight is 360 g/mol. The standard InChI is InChI=1S/C17H20N4O3S/c22-15-5-2-9-20-21(15)10-3-8-18-16(23)14-4-1-7-19-17(14)24-13-6-11-25-12-13/h1-2,4-5,7,9,13H,3,6,8,10-12H2,(H,18,23)/t13-/m0/s1. The van der Waals surface area contributed by atoms with Gasteiger partial charge in [-0.25, -0.2) is 9.67 Å². The molecule has 0 bridgehead atoms. The molecule has 1 saturated heterocycles. The summed E-state index contributed by atoms with van der Waals surface area (Å²) in [4.78, 5) is 28.2. The molecule has 1 amide bonds. The fourth-order valence-corrected chi connectivity index (χ4v) is 3.60. The summed E-state index contributed by atoms with van der Waals surface area (Å²) in [5.41, 5.74) is 0.292. The minimum absolute atomic E-state index is 0.113. The molecule has 1 fully saturated rings. The average Bonchev–Trinajstić information content (AvgIpc) is 3.13. The highest BCUT2D eigenvalue weighted by Crippen LogP contribution is 2.24. The van der Waals surface area contributed by atoms with Crippen LogP contribution in [0.1, 0.15) is 23.2 Å². The molecule has 1 aliphatic heterocycles. The van der Waals surface area contributed by atoms with Gasteiger partial charge in [-0.1, -0.05) is 0 Å². The minimum atomic E-state index is -0.220. The van der Waals surface area contributed by atoms with Gasteiger partial charge in [-0.3, -0.25) is 9.59 Å². The Balaban J connectivity index is 1.52. The second kappa shape index (κ2) is 8.66.